The third-order valence-electron chi connectivity index (χ3n) is 3.95. The van der Waals surface area contributed by atoms with Crippen molar-refractivity contribution in [2.24, 2.45) is 5.73 Å². The van der Waals surface area contributed by atoms with Crippen LogP contribution in [-0.2, 0) is 4.79 Å². The first-order valence-corrected chi connectivity index (χ1v) is 10.8. The Hall–Kier alpha value is -0.905. The van der Waals surface area contributed by atoms with Gasteiger partial charge in [0.2, 0.25) is 0 Å². The van der Waals surface area contributed by atoms with E-state index in [4.69, 9.17) is 15.8 Å². The Morgan fingerprint density at radius 3 is 1.78 bits per heavy atom. The largest absolute Gasteiger partial charge is 0.455 e. The van der Waals surface area contributed by atoms with Gasteiger partial charge in [-0.1, -0.05) is 83.8 Å². The molecule has 160 valence electrons. The van der Waals surface area contributed by atoms with Crippen molar-refractivity contribution in [3.63, 3.8) is 0 Å². The molecule has 0 heterocycles. The monoisotopic (exact) mass is 383 g/mol. The van der Waals surface area contributed by atoms with E-state index >= 15 is 0 Å². The molecule has 0 radical (unpaired) electrons. The minimum absolute atomic E-state index is 0.250. The molecule has 0 aliphatic rings. The number of unbranched alkanes of at least 4 members (excludes halogenated alkanes) is 9. The number of carbonyl (C=O) groups is 1. The summed E-state index contributed by atoms with van der Waals surface area (Å²) in [4.78, 5) is 9.84. The highest BCUT2D eigenvalue weighted by Crippen LogP contribution is 2.07. The van der Waals surface area contributed by atoms with E-state index in [2.05, 4.69) is 27.0 Å². The number of hydrogen-bond donors (Lipinski definition) is 3. The average Bonchev–Trinajstić information content (AvgIpc) is 2.63. The molecule has 0 saturated heterocycles. The third-order valence-corrected chi connectivity index (χ3v) is 3.95. The standard InChI is InChI=1S/C11H23N.C8H16O.C3H7BO2/c1-3-5-6-7-8-10-11(12)9-4-2;1-2-3-4-5-6-7-8-9;1-2-3-4(5)6/h4,11H,2-3,5-10,12H2,1H3;8H,2-7H2,1H3;2,5-6H,1,3H2. The van der Waals surface area contributed by atoms with Gasteiger partial charge in [-0.25, -0.2) is 0 Å². The van der Waals surface area contributed by atoms with Crippen LogP contribution in [0.2, 0.25) is 6.32 Å². The van der Waals surface area contributed by atoms with Crippen LogP contribution in [0.1, 0.15) is 97.3 Å². The number of allylic oxidation sites excluding steroid dienone is 1. The lowest BCUT2D eigenvalue weighted by Crippen LogP contribution is -2.18. The Morgan fingerprint density at radius 2 is 1.41 bits per heavy atom. The molecule has 0 aliphatic carbocycles. The van der Waals surface area contributed by atoms with Gasteiger partial charge in [0, 0.05) is 12.5 Å². The SMILES string of the molecule is C=CCB(O)O.C=CCC(N)CCCCCCC.CCCCCCCC=O. The molecule has 1 unspecified atom stereocenters. The van der Waals surface area contributed by atoms with Crippen LogP contribution in [0.3, 0.4) is 0 Å². The molecular weight excluding hydrogens is 337 g/mol. The van der Waals surface area contributed by atoms with Crippen LogP contribution >= 0.6 is 0 Å². The minimum Gasteiger partial charge on any atom is -0.427 e. The van der Waals surface area contributed by atoms with Crippen molar-refractivity contribution in [3.8, 4) is 0 Å². The van der Waals surface area contributed by atoms with Crippen LogP contribution in [0, 0.1) is 0 Å². The van der Waals surface area contributed by atoms with Gasteiger partial charge in [0.15, 0.2) is 0 Å². The van der Waals surface area contributed by atoms with E-state index < -0.39 is 7.12 Å². The summed E-state index contributed by atoms with van der Waals surface area (Å²) in [6, 6.07) is 0.351. The van der Waals surface area contributed by atoms with Crippen LogP contribution < -0.4 is 5.73 Å². The van der Waals surface area contributed by atoms with Gasteiger partial charge in [0.1, 0.15) is 6.29 Å². The van der Waals surface area contributed by atoms with E-state index in [9.17, 15) is 4.79 Å². The van der Waals surface area contributed by atoms with Crippen molar-refractivity contribution in [2.45, 2.75) is 110 Å². The summed E-state index contributed by atoms with van der Waals surface area (Å²) in [5.74, 6) is 0. The Morgan fingerprint density at radius 1 is 0.889 bits per heavy atom. The maximum Gasteiger partial charge on any atom is 0.455 e. The first kappa shape index (κ1) is 30.8. The van der Waals surface area contributed by atoms with E-state index in [1.165, 1.54) is 63.9 Å². The molecule has 27 heavy (non-hydrogen) atoms. The molecule has 0 aromatic rings. The number of rotatable bonds is 16. The van der Waals surface area contributed by atoms with Gasteiger partial charge in [0.25, 0.3) is 0 Å². The van der Waals surface area contributed by atoms with E-state index in [1.807, 2.05) is 6.08 Å². The molecule has 0 saturated carbocycles. The van der Waals surface area contributed by atoms with E-state index in [1.54, 1.807) is 0 Å². The number of carbonyl (C=O) groups excluding carboxylic acids is 1. The van der Waals surface area contributed by atoms with Crippen molar-refractivity contribution in [3.05, 3.63) is 25.3 Å². The predicted molar refractivity (Wildman–Crippen MR) is 121 cm³/mol. The van der Waals surface area contributed by atoms with Crippen molar-refractivity contribution in [1.29, 1.82) is 0 Å². The van der Waals surface area contributed by atoms with Gasteiger partial charge in [-0.05, 0) is 25.6 Å². The lowest BCUT2D eigenvalue weighted by Gasteiger charge is -2.07. The second kappa shape index (κ2) is 29.8. The van der Waals surface area contributed by atoms with Gasteiger partial charge >= 0.3 is 7.12 Å². The van der Waals surface area contributed by atoms with Crippen LogP contribution in [0.4, 0.5) is 0 Å². The molecule has 0 rings (SSSR count). The molecular formula is C22H46BNO3. The topological polar surface area (TPSA) is 83.6 Å². The average molecular weight is 383 g/mol. The molecule has 0 fully saturated rings. The molecule has 4 N–H and O–H groups in total. The second-order valence-electron chi connectivity index (χ2n) is 6.86. The Labute approximate surface area is 169 Å². The lowest BCUT2D eigenvalue weighted by atomic mass is 9.87. The van der Waals surface area contributed by atoms with Gasteiger partial charge in [-0.3, -0.25) is 0 Å². The molecule has 0 amide bonds. The van der Waals surface area contributed by atoms with E-state index in [0.29, 0.717) is 6.04 Å². The molecule has 5 heteroatoms. The highest BCUT2D eigenvalue weighted by atomic mass is 16.4. The molecule has 0 spiro atoms. The fraction of sp³-hybridized carbons (Fsp3) is 0.773. The highest BCUT2D eigenvalue weighted by Gasteiger charge is 1.99. The molecule has 0 aromatic heterocycles. The fourth-order valence-electron chi connectivity index (χ4n) is 2.32. The van der Waals surface area contributed by atoms with Crippen molar-refractivity contribution in [1.82, 2.24) is 0 Å². The number of nitrogens with two attached hydrogens (primary N) is 1. The lowest BCUT2D eigenvalue weighted by molar-refractivity contribution is -0.107. The van der Waals surface area contributed by atoms with Gasteiger partial charge in [-0.2, -0.15) is 0 Å². The highest BCUT2D eigenvalue weighted by molar-refractivity contribution is 6.41. The fourth-order valence-corrected chi connectivity index (χ4v) is 2.32. The smallest absolute Gasteiger partial charge is 0.427 e. The van der Waals surface area contributed by atoms with Crippen LogP contribution in [0.5, 0.6) is 0 Å². The zero-order valence-electron chi connectivity index (χ0n) is 18.1. The second-order valence-corrected chi connectivity index (χ2v) is 6.86. The molecule has 0 bridgehead atoms. The normalized spacial score (nSPS) is 10.6. The predicted octanol–water partition coefficient (Wildman–Crippen LogP) is 5.44. The Kier molecular flexibility index (Phi) is 34.1. The summed E-state index contributed by atoms with van der Waals surface area (Å²) in [6.45, 7) is 11.4. The van der Waals surface area contributed by atoms with Crippen LogP contribution in [0.25, 0.3) is 0 Å². The third kappa shape index (κ3) is 40.9. The molecule has 0 aliphatic heterocycles. The number of hydrogen-bond acceptors (Lipinski definition) is 4. The summed E-state index contributed by atoms with van der Waals surface area (Å²) in [5, 5.41) is 16.1. The first-order valence-electron chi connectivity index (χ1n) is 10.8. The quantitative estimate of drug-likeness (QED) is 0.143. The van der Waals surface area contributed by atoms with E-state index in [-0.39, 0.29) is 6.32 Å². The maximum absolute atomic E-state index is 9.84. The summed E-state index contributed by atoms with van der Waals surface area (Å²) >= 11 is 0. The summed E-state index contributed by atoms with van der Waals surface area (Å²) in [5.41, 5.74) is 5.83. The Balaban J connectivity index is -0.000000340. The molecule has 4 nitrogen and oxygen atoms in total. The summed E-state index contributed by atoms with van der Waals surface area (Å²) < 4.78 is 0. The Bertz CT molecular complexity index is 299. The maximum atomic E-state index is 9.84. The van der Waals surface area contributed by atoms with Crippen molar-refractivity contribution < 1.29 is 14.8 Å². The zero-order chi connectivity index (χ0) is 21.2. The van der Waals surface area contributed by atoms with Crippen molar-refractivity contribution >= 4 is 13.4 Å². The van der Waals surface area contributed by atoms with Gasteiger partial charge in [-0.15, -0.1) is 13.2 Å². The van der Waals surface area contributed by atoms with Gasteiger partial charge < -0.3 is 20.6 Å². The van der Waals surface area contributed by atoms with Crippen LogP contribution in [0.15, 0.2) is 25.3 Å². The van der Waals surface area contributed by atoms with E-state index in [0.717, 1.165) is 32.0 Å². The van der Waals surface area contributed by atoms with Gasteiger partial charge in [0.05, 0.1) is 0 Å². The zero-order valence-corrected chi connectivity index (χ0v) is 18.1. The summed E-state index contributed by atoms with van der Waals surface area (Å²) in [7, 11) is -1.22. The van der Waals surface area contributed by atoms with Crippen molar-refractivity contribution in [2.75, 3.05) is 0 Å². The summed E-state index contributed by atoms with van der Waals surface area (Å²) in [6.07, 6.45) is 20.4. The van der Waals surface area contributed by atoms with Crippen LogP contribution in [-0.4, -0.2) is 29.5 Å². The minimum atomic E-state index is -1.22. The number of aldehydes is 1. The first-order chi connectivity index (χ1) is 13.0. The molecule has 0 aromatic carbocycles. The molecule has 1 atom stereocenters.